The largest absolute Gasteiger partial charge is 0.495 e. The topological polar surface area (TPSA) is 46.6 Å². The summed E-state index contributed by atoms with van der Waals surface area (Å²) in [5.74, 6) is 0.165. The van der Waals surface area contributed by atoms with Gasteiger partial charge in [-0.05, 0) is 58.0 Å². The molecule has 2 amide bonds. The highest BCUT2D eigenvalue weighted by atomic mass is 79.9. The number of benzene rings is 2. The number of rotatable bonds is 4. The zero-order chi connectivity index (χ0) is 19.7. The second kappa shape index (κ2) is 8.57. The summed E-state index contributed by atoms with van der Waals surface area (Å²) in [4.78, 5) is 26.6. The minimum atomic E-state index is -0.404. The van der Waals surface area contributed by atoms with E-state index >= 15 is 0 Å². The number of thioether (sulfide) groups is 1. The van der Waals surface area contributed by atoms with Crippen molar-refractivity contribution in [3.8, 4) is 5.75 Å². The average Bonchev–Trinajstić information content (AvgIpc) is 2.85. The number of hydrogen-bond acceptors (Lipinski definition) is 4. The maximum Gasteiger partial charge on any atom is 0.293 e. The van der Waals surface area contributed by atoms with Crippen molar-refractivity contribution in [3.05, 3.63) is 65.4 Å². The lowest BCUT2D eigenvalue weighted by atomic mass is 10.1. The van der Waals surface area contributed by atoms with E-state index < -0.39 is 5.91 Å². The second-order valence-electron chi connectivity index (χ2n) is 5.48. The van der Waals surface area contributed by atoms with Crippen LogP contribution in [0.2, 0.25) is 10.0 Å². The summed E-state index contributed by atoms with van der Waals surface area (Å²) >= 11 is 20.0. The average molecular weight is 552 g/mol. The van der Waals surface area contributed by atoms with Crippen LogP contribution in [0.3, 0.4) is 0 Å². The van der Waals surface area contributed by atoms with Gasteiger partial charge >= 0.3 is 0 Å². The van der Waals surface area contributed by atoms with Crippen molar-refractivity contribution in [2.45, 2.75) is 6.54 Å². The molecule has 0 spiro atoms. The Kier molecular flexibility index (Phi) is 6.58. The minimum Gasteiger partial charge on any atom is -0.495 e. The highest BCUT2D eigenvalue weighted by Crippen LogP contribution is 2.39. The van der Waals surface area contributed by atoms with Gasteiger partial charge < -0.3 is 4.74 Å². The highest BCUT2D eigenvalue weighted by Gasteiger charge is 2.36. The van der Waals surface area contributed by atoms with Gasteiger partial charge in [-0.2, -0.15) is 0 Å². The van der Waals surface area contributed by atoms with Crippen molar-refractivity contribution in [1.29, 1.82) is 0 Å². The van der Waals surface area contributed by atoms with E-state index in [-0.39, 0.29) is 11.8 Å². The molecule has 3 rings (SSSR count). The Morgan fingerprint density at radius 1 is 1.19 bits per heavy atom. The molecule has 0 saturated carbocycles. The number of carbonyl (C=O) groups is 2. The molecule has 9 heteroatoms. The SMILES string of the molecule is COc1c(Br)cc(Br)cc1/C=C1\SC(=O)N(Cc2c(Cl)cccc2Cl)C1=O. The monoisotopic (exact) mass is 549 g/mol. The predicted octanol–water partition coefficient (Wildman–Crippen LogP) is 6.76. The quantitative estimate of drug-likeness (QED) is 0.394. The minimum absolute atomic E-state index is 0.0137. The van der Waals surface area contributed by atoms with Crippen LogP contribution in [0, 0.1) is 0 Å². The van der Waals surface area contributed by atoms with Crippen molar-refractivity contribution in [3.63, 3.8) is 0 Å². The summed E-state index contributed by atoms with van der Waals surface area (Å²) in [6, 6.07) is 8.69. The Labute approximate surface area is 187 Å². The molecule has 1 fully saturated rings. The molecule has 0 bridgehead atoms. The Morgan fingerprint density at radius 2 is 1.85 bits per heavy atom. The molecule has 140 valence electrons. The fourth-order valence-corrected chi connectivity index (χ4v) is 5.29. The van der Waals surface area contributed by atoms with Gasteiger partial charge in [-0.25, -0.2) is 0 Å². The highest BCUT2D eigenvalue weighted by molar-refractivity contribution is 9.11. The first-order valence-corrected chi connectivity index (χ1v) is 10.7. The first-order valence-electron chi connectivity index (χ1n) is 7.53. The summed E-state index contributed by atoms with van der Waals surface area (Å²) in [6.07, 6.45) is 1.63. The van der Waals surface area contributed by atoms with E-state index in [1.54, 1.807) is 24.3 Å². The van der Waals surface area contributed by atoms with Crippen molar-refractivity contribution in [1.82, 2.24) is 4.90 Å². The number of halogens is 4. The fourth-order valence-electron chi connectivity index (χ4n) is 2.52. The summed E-state index contributed by atoms with van der Waals surface area (Å²) in [5, 5.41) is 0.432. The molecular formula is C18H11Br2Cl2NO3S. The standard InChI is InChI=1S/C18H11Br2Cl2NO3S/c1-26-16-9(5-10(19)7-12(16)20)6-15-17(24)23(18(25)27-15)8-11-13(21)3-2-4-14(11)22/h2-7H,8H2,1H3/b15-6-. The lowest BCUT2D eigenvalue weighted by Crippen LogP contribution is -2.27. The molecule has 0 N–H and O–H groups in total. The predicted molar refractivity (Wildman–Crippen MR) is 116 cm³/mol. The second-order valence-corrected chi connectivity index (χ2v) is 9.06. The van der Waals surface area contributed by atoms with Crippen LogP contribution < -0.4 is 4.74 Å². The van der Waals surface area contributed by atoms with E-state index in [4.69, 9.17) is 27.9 Å². The van der Waals surface area contributed by atoms with Crippen LogP contribution in [0.25, 0.3) is 6.08 Å². The molecular weight excluding hydrogens is 541 g/mol. The molecule has 2 aromatic carbocycles. The van der Waals surface area contributed by atoms with Gasteiger partial charge in [-0.3, -0.25) is 14.5 Å². The van der Waals surface area contributed by atoms with Crippen LogP contribution in [0.15, 0.2) is 44.2 Å². The summed E-state index contributed by atoms with van der Waals surface area (Å²) in [7, 11) is 1.54. The van der Waals surface area contributed by atoms with Crippen LogP contribution in [0.1, 0.15) is 11.1 Å². The van der Waals surface area contributed by atoms with E-state index in [0.717, 1.165) is 25.6 Å². The molecule has 0 atom stereocenters. The number of nitrogens with zero attached hydrogens (tertiary/aromatic N) is 1. The van der Waals surface area contributed by atoms with Gasteiger partial charge in [0, 0.05) is 25.6 Å². The molecule has 1 heterocycles. The van der Waals surface area contributed by atoms with E-state index in [2.05, 4.69) is 31.9 Å². The number of imide groups is 1. The third-order valence-corrected chi connectivity index (χ3v) is 6.44. The molecule has 0 aliphatic carbocycles. The van der Waals surface area contributed by atoms with Gasteiger partial charge in [0.2, 0.25) is 0 Å². The zero-order valence-electron chi connectivity index (χ0n) is 13.8. The molecule has 1 saturated heterocycles. The smallest absolute Gasteiger partial charge is 0.293 e. The Morgan fingerprint density at radius 3 is 2.48 bits per heavy atom. The maximum atomic E-state index is 12.8. The number of carbonyl (C=O) groups excluding carboxylic acids is 2. The van der Waals surface area contributed by atoms with Crippen molar-refractivity contribution < 1.29 is 14.3 Å². The Balaban J connectivity index is 1.94. The molecule has 0 radical (unpaired) electrons. The summed E-state index contributed by atoms with van der Waals surface area (Å²) < 4.78 is 6.93. The normalized spacial score (nSPS) is 15.7. The molecule has 1 aliphatic rings. The van der Waals surface area contributed by atoms with E-state index in [1.807, 2.05) is 12.1 Å². The first kappa shape index (κ1) is 20.7. The van der Waals surface area contributed by atoms with Crippen LogP contribution >= 0.6 is 66.8 Å². The van der Waals surface area contributed by atoms with Crippen LogP contribution in [-0.4, -0.2) is 23.2 Å². The fraction of sp³-hybridized carbons (Fsp3) is 0.111. The van der Waals surface area contributed by atoms with Crippen molar-refractivity contribution in [2.75, 3.05) is 7.11 Å². The van der Waals surface area contributed by atoms with Gasteiger partial charge in [0.15, 0.2) is 0 Å². The third-order valence-electron chi connectivity index (χ3n) is 3.78. The van der Waals surface area contributed by atoms with Gasteiger partial charge in [0.25, 0.3) is 11.1 Å². The number of methoxy groups -OCH3 is 1. The molecule has 27 heavy (non-hydrogen) atoms. The lowest BCUT2D eigenvalue weighted by molar-refractivity contribution is -0.123. The number of hydrogen-bond donors (Lipinski definition) is 0. The summed E-state index contributed by atoms with van der Waals surface area (Å²) in [6.45, 7) is 0.0137. The maximum absolute atomic E-state index is 12.8. The van der Waals surface area contributed by atoms with E-state index in [1.165, 1.54) is 7.11 Å². The van der Waals surface area contributed by atoms with Crippen LogP contribution in [0.4, 0.5) is 4.79 Å². The number of ether oxygens (including phenoxy) is 1. The summed E-state index contributed by atoms with van der Waals surface area (Å²) in [5.41, 5.74) is 1.20. The molecule has 4 nitrogen and oxygen atoms in total. The Hall–Kier alpha value is -0.990. The van der Waals surface area contributed by atoms with Gasteiger partial charge in [-0.1, -0.05) is 45.2 Å². The van der Waals surface area contributed by atoms with E-state index in [9.17, 15) is 9.59 Å². The molecule has 2 aromatic rings. The molecule has 0 unspecified atom stereocenters. The van der Waals surface area contributed by atoms with Gasteiger partial charge in [0.1, 0.15) is 5.75 Å². The van der Waals surface area contributed by atoms with E-state index in [0.29, 0.717) is 31.8 Å². The third kappa shape index (κ3) is 4.38. The molecule has 1 aliphatic heterocycles. The Bertz CT molecular complexity index is 961. The van der Waals surface area contributed by atoms with Crippen molar-refractivity contribution in [2.24, 2.45) is 0 Å². The van der Waals surface area contributed by atoms with Crippen LogP contribution in [-0.2, 0) is 11.3 Å². The van der Waals surface area contributed by atoms with Crippen LogP contribution in [0.5, 0.6) is 5.75 Å². The first-order chi connectivity index (χ1) is 12.8. The van der Waals surface area contributed by atoms with Gasteiger partial charge in [-0.15, -0.1) is 0 Å². The lowest BCUT2D eigenvalue weighted by Gasteiger charge is -2.14. The van der Waals surface area contributed by atoms with Crippen molar-refractivity contribution >= 4 is 84.0 Å². The zero-order valence-corrected chi connectivity index (χ0v) is 19.3. The number of amides is 2. The van der Waals surface area contributed by atoms with Gasteiger partial charge in [0.05, 0.1) is 23.0 Å². The molecule has 0 aromatic heterocycles.